The zero-order valence-electron chi connectivity index (χ0n) is 16.4. The van der Waals surface area contributed by atoms with Gasteiger partial charge in [0.05, 0.1) is 11.9 Å². The topological polar surface area (TPSA) is 69.7 Å². The van der Waals surface area contributed by atoms with E-state index in [1.807, 2.05) is 32.9 Å². The van der Waals surface area contributed by atoms with Gasteiger partial charge in [-0.05, 0) is 76.5 Å². The number of benzene rings is 1. The minimum Gasteiger partial charge on any atom is -0.351 e. The maximum absolute atomic E-state index is 12.9. The second-order valence-corrected chi connectivity index (χ2v) is 9.20. The molecule has 1 N–H and O–H groups in total. The van der Waals surface area contributed by atoms with Crippen LogP contribution in [-0.2, 0) is 14.8 Å². The highest BCUT2D eigenvalue weighted by molar-refractivity contribution is 7.92. The fourth-order valence-electron chi connectivity index (χ4n) is 3.37. The molecule has 6 nitrogen and oxygen atoms in total. The van der Waals surface area contributed by atoms with Gasteiger partial charge in [-0.25, -0.2) is 8.42 Å². The van der Waals surface area contributed by atoms with E-state index >= 15 is 0 Å². The van der Waals surface area contributed by atoms with Gasteiger partial charge < -0.3 is 10.2 Å². The molecule has 26 heavy (non-hydrogen) atoms. The summed E-state index contributed by atoms with van der Waals surface area (Å²) in [6.07, 6.45) is 3.36. The second kappa shape index (κ2) is 8.39. The molecule has 0 spiro atoms. The molecule has 1 saturated heterocycles. The lowest BCUT2D eigenvalue weighted by atomic mass is 10.0. The number of carbonyl (C=O) groups is 1. The van der Waals surface area contributed by atoms with Gasteiger partial charge in [0, 0.05) is 6.04 Å². The normalized spacial score (nSPS) is 17.7. The van der Waals surface area contributed by atoms with Gasteiger partial charge in [0.2, 0.25) is 15.9 Å². The minimum absolute atomic E-state index is 0.105. The predicted octanol–water partition coefficient (Wildman–Crippen LogP) is 2.06. The first-order valence-electron chi connectivity index (χ1n) is 9.19. The number of nitrogens with one attached hydrogen (secondary N) is 1. The maximum atomic E-state index is 12.9. The van der Waals surface area contributed by atoms with Crippen LogP contribution < -0.4 is 9.62 Å². The number of likely N-dealkylation sites (tertiary alicyclic amines) is 1. The van der Waals surface area contributed by atoms with Gasteiger partial charge in [-0.1, -0.05) is 13.0 Å². The predicted molar refractivity (Wildman–Crippen MR) is 106 cm³/mol. The average molecular weight is 382 g/mol. The Kier molecular flexibility index (Phi) is 6.69. The van der Waals surface area contributed by atoms with Crippen molar-refractivity contribution >= 4 is 21.6 Å². The summed E-state index contributed by atoms with van der Waals surface area (Å²) >= 11 is 0. The lowest BCUT2D eigenvalue weighted by Crippen LogP contribution is -2.53. The van der Waals surface area contributed by atoms with E-state index < -0.39 is 16.1 Å². The van der Waals surface area contributed by atoms with Crippen molar-refractivity contribution in [1.82, 2.24) is 10.2 Å². The van der Waals surface area contributed by atoms with Crippen LogP contribution in [0.15, 0.2) is 18.2 Å². The van der Waals surface area contributed by atoms with Crippen molar-refractivity contribution < 1.29 is 13.2 Å². The molecule has 1 atom stereocenters. The molecule has 1 unspecified atom stereocenters. The quantitative estimate of drug-likeness (QED) is 0.819. The monoisotopic (exact) mass is 381 g/mol. The van der Waals surface area contributed by atoms with Crippen molar-refractivity contribution in [3.8, 4) is 0 Å². The SMILES string of the molecule is CCC(C(=O)NC1CCN(C)CC1)N(c1ccc(C)c(C)c1)S(C)(=O)=O. The Labute approximate surface area is 157 Å². The molecule has 1 fully saturated rings. The Morgan fingerprint density at radius 3 is 2.38 bits per heavy atom. The molecule has 1 heterocycles. The van der Waals surface area contributed by atoms with Crippen LogP contribution in [0.5, 0.6) is 0 Å². The summed E-state index contributed by atoms with van der Waals surface area (Å²) in [5, 5.41) is 3.07. The Bertz CT molecular complexity index is 740. The largest absolute Gasteiger partial charge is 0.351 e. The number of piperidine rings is 1. The van der Waals surface area contributed by atoms with Gasteiger partial charge in [-0.15, -0.1) is 0 Å². The number of nitrogens with zero attached hydrogens (tertiary/aromatic N) is 2. The second-order valence-electron chi connectivity index (χ2n) is 7.34. The molecule has 1 aromatic rings. The van der Waals surface area contributed by atoms with Gasteiger partial charge >= 0.3 is 0 Å². The highest BCUT2D eigenvalue weighted by atomic mass is 32.2. The molecule has 1 aromatic carbocycles. The number of aryl methyl sites for hydroxylation is 2. The Morgan fingerprint density at radius 1 is 1.27 bits per heavy atom. The molecule has 0 aromatic heterocycles. The summed E-state index contributed by atoms with van der Waals surface area (Å²) in [7, 11) is -1.52. The molecule has 0 aliphatic carbocycles. The molecule has 146 valence electrons. The number of amides is 1. The van der Waals surface area contributed by atoms with Crippen molar-refractivity contribution in [1.29, 1.82) is 0 Å². The number of carbonyl (C=O) groups excluding carboxylic acids is 1. The van der Waals surface area contributed by atoms with Crippen molar-refractivity contribution in [3.63, 3.8) is 0 Å². The van der Waals surface area contributed by atoms with Crippen LogP contribution in [0.25, 0.3) is 0 Å². The first-order chi connectivity index (χ1) is 12.1. The molecule has 1 aliphatic heterocycles. The molecule has 1 amide bonds. The summed E-state index contributed by atoms with van der Waals surface area (Å²) < 4.78 is 26.3. The number of sulfonamides is 1. The Balaban J connectivity index is 2.26. The van der Waals surface area contributed by atoms with Crippen molar-refractivity contribution in [2.45, 2.75) is 52.1 Å². The van der Waals surface area contributed by atoms with Crippen LogP contribution >= 0.6 is 0 Å². The first kappa shape index (κ1) is 20.7. The van der Waals surface area contributed by atoms with Crippen molar-refractivity contribution in [3.05, 3.63) is 29.3 Å². The molecular weight excluding hydrogens is 350 g/mol. The minimum atomic E-state index is -3.59. The van der Waals surface area contributed by atoms with Gasteiger partial charge in [0.1, 0.15) is 6.04 Å². The zero-order valence-corrected chi connectivity index (χ0v) is 17.3. The average Bonchev–Trinajstić information content (AvgIpc) is 2.56. The van der Waals surface area contributed by atoms with E-state index in [2.05, 4.69) is 17.3 Å². The molecule has 7 heteroatoms. The molecule has 0 bridgehead atoms. The number of anilines is 1. The number of hydrogen-bond donors (Lipinski definition) is 1. The zero-order chi connectivity index (χ0) is 19.5. The van der Waals surface area contributed by atoms with E-state index in [4.69, 9.17) is 0 Å². The summed E-state index contributed by atoms with van der Waals surface area (Å²) in [6.45, 7) is 7.65. The van der Waals surface area contributed by atoms with Crippen LogP contribution in [0.1, 0.15) is 37.3 Å². The third-order valence-corrected chi connectivity index (χ3v) is 6.32. The van der Waals surface area contributed by atoms with Gasteiger partial charge in [-0.3, -0.25) is 9.10 Å². The molecule has 2 rings (SSSR count). The summed E-state index contributed by atoms with van der Waals surface area (Å²) in [4.78, 5) is 15.1. The van der Waals surface area contributed by atoms with Crippen LogP contribution in [0.4, 0.5) is 5.69 Å². The van der Waals surface area contributed by atoms with E-state index in [0.717, 1.165) is 43.3 Å². The standard InChI is InChI=1S/C19H31N3O3S/c1-6-18(19(23)20-16-9-11-21(4)12-10-16)22(26(5,24)25)17-8-7-14(2)15(3)13-17/h7-8,13,16,18H,6,9-12H2,1-5H3,(H,20,23). The van der Waals surface area contributed by atoms with E-state index in [-0.39, 0.29) is 11.9 Å². The van der Waals surface area contributed by atoms with Crippen LogP contribution in [0.2, 0.25) is 0 Å². The van der Waals surface area contributed by atoms with Crippen molar-refractivity contribution in [2.75, 3.05) is 30.7 Å². The summed E-state index contributed by atoms with van der Waals surface area (Å²) in [5.74, 6) is -0.217. The van der Waals surface area contributed by atoms with E-state index in [0.29, 0.717) is 12.1 Å². The van der Waals surface area contributed by atoms with Gasteiger partial charge in [0.15, 0.2) is 0 Å². The van der Waals surface area contributed by atoms with E-state index in [9.17, 15) is 13.2 Å². The molecule has 0 saturated carbocycles. The molecule has 1 aliphatic rings. The van der Waals surface area contributed by atoms with Crippen LogP contribution in [0, 0.1) is 13.8 Å². The number of hydrogen-bond acceptors (Lipinski definition) is 4. The summed E-state index contributed by atoms with van der Waals surface area (Å²) in [6, 6.07) is 4.86. The lowest BCUT2D eigenvalue weighted by Gasteiger charge is -2.34. The Morgan fingerprint density at radius 2 is 1.88 bits per heavy atom. The van der Waals surface area contributed by atoms with Gasteiger partial charge in [0.25, 0.3) is 0 Å². The highest BCUT2D eigenvalue weighted by Crippen LogP contribution is 2.25. The third kappa shape index (κ3) is 4.98. The fraction of sp³-hybridized carbons (Fsp3) is 0.632. The lowest BCUT2D eigenvalue weighted by molar-refractivity contribution is -0.123. The van der Waals surface area contributed by atoms with E-state index in [1.54, 1.807) is 6.07 Å². The highest BCUT2D eigenvalue weighted by Gasteiger charge is 2.33. The van der Waals surface area contributed by atoms with Crippen LogP contribution in [-0.4, -0.2) is 57.7 Å². The van der Waals surface area contributed by atoms with Gasteiger partial charge in [-0.2, -0.15) is 0 Å². The third-order valence-electron chi connectivity index (χ3n) is 5.14. The first-order valence-corrected chi connectivity index (χ1v) is 11.0. The summed E-state index contributed by atoms with van der Waals surface area (Å²) in [5.41, 5.74) is 2.63. The fourth-order valence-corrected chi connectivity index (χ4v) is 4.58. The Hall–Kier alpha value is -1.60. The maximum Gasteiger partial charge on any atom is 0.244 e. The van der Waals surface area contributed by atoms with Crippen molar-refractivity contribution in [2.24, 2.45) is 0 Å². The molecular formula is C19H31N3O3S. The molecule has 0 radical (unpaired) electrons. The van der Waals surface area contributed by atoms with E-state index in [1.165, 1.54) is 4.31 Å². The van der Waals surface area contributed by atoms with Crippen LogP contribution in [0.3, 0.4) is 0 Å². The number of rotatable bonds is 6. The smallest absolute Gasteiger partial charge is 0.244 e.